The average molecular weight is 329 g/mol. The maximum Gasteiger partial charge on any atom is 0.287 e. The summed E-state index contributed by atoms with van der Waals surface area (Å²) in [6.07, 6.45) is 2.09. The highest BCUT2D eigenvalue weighted by Gasteiger charge is 2.21. The van der Waals surface area contributed by atoms with E-state index >= 15 is 0 Å². The number of nitrogens with one attached hydrogen (secondary N) is 2. The van der Waals surface area contributed by atoms with Crippen LogP contribution in [0.1, 0.15) is 29.0 Å². The van der Waals surface area contributed by atoms with Gasteiger partial charge in [-0.15, -0.1) is 12.4 Å². The minimum atomic E-state index is -0.150. The van der Waals surface area contributed by atoms with Crippen LogP contribution in [0, 0.1) is 6.92 Å². The number of benzene rings is 1. The van der Waals surface area contributed by atoms with E-state index in [1.165, 1.54) is 0 Å². The number of piperidine rings is 1. The number of furan rings is 1. The molecular formula is C15H18Cl2N2O2. The predicted octanol–water partition coefficient (Wildman–Crippen LogP) is 3.30. The maximum absolute atomic E-state index is 12.3. The fourth-order valence-corrected chi connectivity index (χ4v) is 2.81. The molecule has 1 aliphatic rings. The van der Waals surface area contributed by atoms with Gasteiger partial charge < -0.3 is 15.1 Å². The van der Waals surface area contributed by atoms with Gasteiger partial charge in [-0.3, -0.25) is 4.79 Å². The summed E-state index contributed by atoms with van der Waals surface area (Å²) in [5, 5.41) is 7.84. The molecule has 114 valence electrons. The Kier molecular flexibility index (Phi) is 5.14. The molecule has 1 fully saturated rings. The van der Waals surface area contributed by atoms with Gasteiger partial charge in [0.15, 0.2) is 5.76 Å². The Balaban J connectivity index is 0.00000161. The number of carbonyl (C=O) groups is 1. The zero-order valence-corrected chi connectivity index (χ0v) is 13.3. The minimum Gasteiger partial charge on any atom is -0.451 e. The van der Waals surface area contributed by atoms with Crippen LogP contribution in [0.4, 0.5) is 0 Å². The summed E-state index contributed by atoms with van der Waals surface area (Å²) in [5.41, 5.74) is 1.53. The van der Waals surface area contributed by atoms with Gasteiger partial charge in [-0.2, -0.15) is 0 Å². The summed E-state index contributed by atoms with van der Waals surface area (Å²) >= 11 is 5.98. The molecule has 0 bridgehead atoms. The zero-order chi connectivity index (χ0) is 14.1. The Morgan fingerprint density at radius 3 is 3.00 bits per heavy atom. The molecule has 2 heterocycles. The highest BCUT2D eigenvalue weighted by molar-refractivity contribution is 6.31. The maximum atomic E-state index is 12.3. The standard InChI is InChI=1S/C15H17ClN2O2.ClH/c1-9-12-7-10(16)4-5-13(12)20-14(9)15(19)18-11-3-2-6-17-8-11;/h4-5,7,11,17H,2-3,6,8H2,1H3,(H,18,19);1H/t11-;/m0./s1. The highest BCUT2D eigenvalue weighted by atomic mass is 35.5. The monoisotopic (exact) mass is 328 g/mol. The van der Waals surface area contributed by atoms with Crippen molar-refractivity contribution in [2.75, 3.05) is 13.1 Å². The van der Waals surface area contributed by atoms with Crippen LogP contribution in [0.2, 0.25) is 5.02 Å². The molecule has 0 saturated carbocycles. The van der Waals surface area contributed by atoms with Gasteiger partial charge >= 0.3 is 0 Å². The molecule has 2 N–H and O–H groups in total. The van der Waals surface area contributed by atoms with Gasteiger partial charge in [-0.05, 0) is 44.5 Å². The van der Waals surface area contributed by atoms with Crippen molar-refractivity contribution in [3.05, 3.63) is 34.5 Å². The van der Waals surface area contributed by atoms with Crippen LogP contribution < -0.4 is 10.6 Å². The van der Waals surface area contributed by atoms with Crippen LogP contribution in [0.5, 0.6) is 0 Å². The lowest BCUT2D eigenvalue weighted by atomic mass is 10.1. The molecular weight excluding hydrogens is 311 g/mol. The molecule has 1 saturated heterocycles. The van der Waals surface area contributed by atoms with Crippen molar-refractivity contribution < 1.29 is 9.21 Å². The summed E-state index contributed by atoms with van der Waals surface area (Å²) < 4.78 is 5.67. The number of hydrogen-bond acceptors (Lipinski definition) is 3. The highest BCUT2D eigenvalue weighted by Crippen LogP contribution is 2.27. The number of fused-ring (bicyclic) bond motifs is 1. The van der Waals surface area contributed by atoms with Crippen molar-refractivity contribution >= 4 is 40.9 Å². The molecule has 6 heteroatoms. The second kappa shape index (κ2) is 6.69. The van der Waals surface area contributed by atoms with Crippen LogP contribution in [-0.2, 0) is 0 Å². The molecule has 0 spiro atoms. The third kappa shape index (κ3) is 3.34. The lowest BCUT2D eigenvalue weighted by Crippen LogP contribution is -2.45. The lowest BCUT2D eigenvalue weighted by molar-refractivity contribution is 0.0904. The molecule has 2 aromatic rings. The average Bonchev–Trinajstić information content (AvgIpc) is 2.77. The van der Waals surface area contributed by atoms with E-state index in [0.717, 1.165) is 36.9 Å². The first-order valence-corrected chi connectivity index (χ1v) is 7.23. The molecule has 3 rings (SSSR count). The number of hydrogen-bond donors (Lipinski definition) is 2. The van der Waals surface area contributed by atoms with Gasteiger partial charge in [-0.25, -0.2) is 0 Å². The predicted molar refractivity (Wildman–Crippen MR) is 86.6 cm³/mol. The molecule has 1 aliphatic heterocycles. The fourth-order valence-electron chi connectivity index (χ4n) is 2.64. The summed E-state index contributed by atoms with van der Waals surface area (Å²) in [6.45, 7) is 3.72. The van der Waals surface area contributed by atoms with Crippen molar-refractivity contribution in [1.82, 2.24) is 10.6 Å². The van der Waals surface area contributed by atoms with Crippen molar-refractivity contribution in [3.8, 4) is 0 Å². The van der Waals surface area contributed by atoms with Crippen LogP contribution >= 0.6 is 24.0 Å². The van der Waals surface area contributed by atoms with Gasteiger partial charge in [0.25, 0.3) is 5.91 Å². The quantitative estimate of drug-likeness (QED) is 0.889. The van der Waals surface area contributed by atoms with E-state index < -0.39 is 0 Å². The Bertz CT molecular complexity index is 648. The van der Waals surface area contributed by atoms with Crippen LogP contribution in [-0.4, -0.2) is 25.0 Å². The topological polar surface area (TPSA) is 54.3 Å². The molecule has 4 nitrogen and oxygen atoms in total. The van der Waals surface area contributed by atoms with Crippen LogP contribution in [0.25, 0.3) is 11.0 Å². The summed E-state index contributed by atoms with van der Waals surface area (Å²) in [6, 6.07) is 5.56. The van der Waals surface area contributed by atoms with Gasteiger partial charge in [0.05, 0.1) is 0 Å². The van der Waals surface area contributed by atoms with E-state index in [-0.39, 0.29) is 24.4 Å². The Labute approximate surface area is 134 Å². The number of amides is 1. The van der Waals surface area contributed by atoms with E-state index in [4.69, 9.17) is 16.0 Å². The van der Waals surface area contributed by atoms with Crippen molar-refractivity contribution in [3.63, 3.8) is 0 Å². The minimum absolute atomic E-state index is 0. The van der Waals surface area contributed by atoms with Crippen molar-refractivity contribution in [2.24, 2.45) is 0 Å². The number of halogens is 2. The molecule has 0 aliphatic carbocycles. The molecule has 0 unspecified atom stereocenters. The first-order chi connectivity index (χ1) is 9.65. The molecule has 1 amide bonds. The number of carbonyl (C=O) groups excluding carboxylic acids is 1. The zero-order valence-electron chi connectivity index (χ0n) is 11.7. The van der Waals surface area contributed by atoms with Crippen molar-refractivity contribution in [2.45, 2.75) is 25.8 Å². The normalized spacial score (nSPS) is 18.3. The van der Waals surface area contributed by atoms with Crippen molar-refractivity contribution in [1.29, 1.82) is 0 Å². The Hall–Kier alpha value is -1.23. The van der Waals surface area contributed by atoms with E-state index in [1.54, 1.807) is 12.1 Å². The Morgan fingerprint density at radius 2 is 2.29 bits per heavy atom. The molecule has 0 radical (unpaired) electrons. The second-order valence-electron chi connectivity index (χ2n) is 5.21. The number of rotatable bonds is 2. The van der Waals surface area contributed by atoms with Gasteiger partial charge in [0.2, 0.25) is 0 Å². The second-order valence-corrected chi connectivity index (χ2v) is 5.65. The lowest BCUT2D eigenvalue weighted by Gasteiger charge is -2.23. The van der Waals surface area contributed by atoms with Gasteiger partial charge in [-0.1, -0.05) is 11.6 Å². The summed E-state index contributed by atoms with van der Waals surface area (Å²) in [5.74, 6) is 0.233. The summed E-state index contributed by atoms with van der Waals surface area (Å²) in [4.78, 5) is 12.3. The van der Waals surface area contributed by atoms with E-state index in [9.17, 15) is 4.79 Å². The number of aryl methyl sites for hydroxylation is 1. The van der Waals surface area contributed by atoms with Gasteiger partial charge in [0.1, 0.15) is 5.58 Å². The first kappa shape index (κ1) is 16.1. The molecule has 1 aromatic heterocycles. The van der Waals surface area contributed by atoms with E-state index in [1.807, 2.05) is 13.0 Å². The SMILES string of the molecule is Cc1c(C(=O)N[C@H]2CCCNC2)oc2ccc(Cl)cc12.Cl. The third-order valence-corrected chi connectivity index (χ3v) is 3.97. The molecule has 1 atom stereocenters. The molecule has 1 aromatic carbocycles. The largest absolute Gasteiger partial charge is 0.451 e. The van der Waals surface area contributed by atoms with E-state index in [2.05, 4.69) is 10.6 Å². The third-order valence-electron chi connectivity index (χ3n) is 3.74. The van der Waals surface area contributed by atoms with Crippen LogP contribution in [0.15, 0.2) is 22.6 Å². The first-order valence-electron chi connectivity index (χ1n) is 6.85. The van der Waals surface area contributed by atoms with Gasteiger partial charge in [0, 0.05) is 28.6 Å². The van der Waals surface area contributed by atoms with E-state index in [0.29, 0.717) is 16.4 Å². The fraction of sp³-hybridized carbons (Fsp3) is 0.400. The van der Waals surface area contributed by atoms with Crippen LogP contribution in [0.3, 0.4) is 0 Å². The smallest absolute Gasteiger partial charge is 0.287 e. The Morgan fingerprint density at radius 1 is 1.48 bits per heavy atom. The summed E-state index contributed by atoms with van der Waals surface area (Å²) in [7, 11) is 0. The molecule has 21 heavy (non-hydrogen) atoms.